The third-order valence-electron chi connectivity index (χ3n) is 3.67. The molecule has 0 aliphatic rings. The van der Waals surface area contributed by atoms with E-state index in [1.807, 2.05) is 0 Å². The van der Waals surface area contributed by atoms with Gasteiger partial charge in [-0.2, -0.15) is 0 Å². The van der Waals surface area contributed by atoms with Crippen LogP contribution in [0.25, 0.3) is 0 Å². The molecule has 1 atom stereocenters. The summed E-state index contributed by atoms with van der Waals surface area (Å²) in [5.41, 5.74) is 7.16. The fraction of sp³-hybridized carbons (Fsp3) is 0.222. The largest absolute Gasteiger partial charge is 0.398 e. The van der Waals surface area contributed by atoms with Gasteiger partial charge in [0, 0.05) is 25.7 Å². The number of rotatable bonds is 6. The van der Waals surface area contributed by atoms with Gasteiger partial charge < -0.3 is 5.73 Å². The summed E-state index contributed by atoms with van der Waals surface area (Å²) in [7, 11) is 0. The molecule has 2 aromatic rings. The summed E-state index contributed by atoms with van der Waals surface area (Å²) in [5.74, 6) is -1.31. The summed E-state index contributed by atoms with van der Waals surface area (Å²) in [6, 6.07) is 10.1. The number of hydrogen-bond acceptors (Lipinski definition) is 4. The van der Waals surface area contributed by atoms with Crippen LogP contribution in [-0.4, -0.2) is 11.6 Å². The summed E-state index contributed by atoms with van der Waals surface area (Å²) in [5, 5.41) is 0.858. The van der Waals surface area contributed by atoms with Crippen LogP contribution in [0.4, 0.5) is 5.69 Å². The van der Waals surface area contributed by atoms with Crippen molar-refractivity contribution in [3.05, 3.63) is 57.0 Å². The van der Waals surface area contributed by atoms with Gasteiger partial charge in [0.15, 0.2) is 0 Å². The van der Waals surface area contributed by atoms with Gasteiger partial charge in [0.2, 0.25) is 0 Å². The number of halogens is 3. The van der Waals surface area contributed by atoms with Gasteiger partial charge in [-0.05, 0) is 49.7 Å². The molecule has 132 valence electrons. The van der Waals surface area contributed by atoms with E-state index in [1.165, 1.54) is 25.6 Å². The minimum absolute atomic E-state index is 0.233. The summed E-state index contributed by atoms with van der Waals surface area (Å²) in [4.78, 5) is 25.0. The Morgan fingerprint density at radius 1 is 0.960 bits per heavy atom. The van der Waals surface area contributed by atoms with Crippen LogP contribution in [-0.2, 0) is 9.59 Å². The lowest BCUT2D eigenvalue weighted by molar-refractivity contribution is -0.130. The third kappa shape index (κ3) is 4.91. The highest BCUT2D eigenvalue weighted by Gasteiger charge is 2.33. The molecule has 0 fully saturated rings. The van der Waals surface area contributed by atoms with Crippen molar-refractivity contribution in [3.63, 3.8) is 0 Å². The number of carbonyl (C=O) groups is 2. The zero-order valence-corrected chi connectivity index (χ0v) is 16.6. The van der Waals surface area contributed by atoms with Crippen molar-refractivity contribution < 1.29 is 9.59 Å². The van der Waals surface area contributed by atoms with Gasteiger partial charge >= 0.3 is 0 Å². The predicted molar refractivity (Wildman–Crippen MR) is 106 cm³/mol. The van der Waals surface area contributed by atoms with E-state index in [0.29, 0.717) is 31.2 Å². The van der Waals surface area contributed by atoms with Crippen molar-refractivity contribution in [1.82, 2.24) is 0 Å². The lowest BCUT2D eigenvalue weighted by Gasteiger charge is -2.25. The molecule has 0 heterocycles. The first-order valence-corrected chi connectivity index (χ1v) is 9.39. The van der Waals surface area contributed by atoms with Crippen LogP contribution in [0.5, 0.6) is 0 Å². The van der Waals surface area contributed by atoms with Gasteiger partial charge in [-0.15, -0.1) is 11.8 Å². The average molecular weight is 417 g/mol. The molecule has 1 unspecified atom stereocenters. The maximum absolute atomic E-state index is 12.2. The highest BCUT2D eigenvalue weighted by Crippen LogP contribution is 2.46. The number of hydrogen-bond donors (Lipinski definition) is 1. The zero-order chi connectivity index (χ0) is 18.7. The summed E-state index contributed by atoms with van der Waals surface area (Å²) < 4.78 is 0. The van der Waals surface area contributed by atoms with Crippen molar-refractivity contribution in [2.24, 2.45) is 5.92 Å². The Kier molecular flexibility index (Phi) is 6.80. The normalized spacial score (nSPS) is 12.2. The Balaban J connectivity index is 2.55. The van der Waals surface area contributed by atoms with Gasteiger partial charge in [0.25, 0.3) is 0 Å². The van der Waals surface area contributed by atoms with Crippen molar-refractivity contribution in [2.45, 2.75) is 24.0 Å². The first kappa shape index (κ1) is 20.1. The maximum Gasteiger partial charge on any atom is 0.141 e. The maximum atomic E-state index is 12.2. The minimum atomic E-state index is -0.848. The molecular weight excluding hydrogens is 401 g/mol. The molecular formula is C18H16Cl3NO2S. The van der Waals surface area contributed by atoms with E-state index in [1.54, 1.807) is 36.4 Å². The zero-order valence-electron chi connectivity index (χ0n) is 13.6. The number of Topliss-reactive ketones (excluding diaryl/α,β-unsaturated/α-hetero) is 2. The molecule has 0 bridgehead atoms. The van der Waals surface area contributed by atoms with E-state index in [9.17, 15) is 9.59 Å². The number of benzene rings is 2. The SMILES string of the molecule is CC(=O)C(C(C)=O)C(Sc1ccc(Cl)cc1N)c1ccc(Cl)cc1Cl. The Bertz CT molecular complexity index is 812. The van der Waals surface area contributed by atoms with Crippen molar-refractivity contribution in [3.8, 4) is 0 Å². The summed E-state index contributed by atoms with van der Waals surface area (Å²) >= 11 is 19.6. The van der Waals surface area contributed by atoms with Crippen LogP contribution >= 0.6 is 46.6 Å². The molecule has 0 spiro atoms. The molecule has 2 aromatic carbocycles. The Hall–Kier alpha value is -1.20. The second kappa shape index (κ2) is 8.45. The molecule has 3 nitrogen and oxygen atoms in total. The third-order valence-corrected chi connectivity index (χ3v) is 5.88. The number of ketones is 2. The van der Waals surface area contributed by atoms with Gasteiger partial charge in [-0.25, -0.2) is 0 Å². The molecule has 2 N–H and O–H groups in total. The van der Waals surface area contributed by atoms with Gasteiger partial charge in [-0.1, -0.05) is 40.9 Å². The number of thioether (sulfide) groups is 1. The minimum Gasteiger partial charge on any atom is -0.398 e. The number of nitrogen functional groups attached to an aromatic ring is 1. The van der Waals surface area contributed by atoms with Crippen LogP contribution in [0.2, 0.25) is 15.1 Å². The summed E-state index contributed by atoms with van der Waals surface area (Å²) in [6.45, 7) is 2.79. The quantitative estimate of drug-likeness (QED) is 0.364. The second-order valence-corrected chi connectivity index (χ2v) is 8.05. The monoisotopic (exact) mass is 415 g/mol. The molecule has 0 aliphatic carbocycles. The van der Waals surface area contributed by atoms with E-state index < -0.39 is 11.2 Å². The van der Waals surface area contributed by atoms with Crippen LogP contribution < -0.4 is 5.73 Å². The molecule has 0 saturated heterocycles. The molecule has 0 aromatic heterocycles. The van der Waals surface area contributed by atoms with E-state index in [4.69, 9.17) is 40.5 Å². The molecule has 0 amide bonds. The molecule has 2 rings (SSSR count). The first-order chi connectivity index (χ1) is 11.7. The lowest BCUT2D eigenvalue weighted by atomic mass is 9.92. The Labute approximate surface area is 165 Å². The van der Waals surface area contributed by atoms with Gasteiger partial charge in [0.05, 0.1) is 11.2 Å². The van der Waals surface area contributed by atoms with Gasteiger partial charge in [0.1, 0.15) is 11.6 Å². The molecule has 0 saturated carbocycles. The highest BCUT2D eigenvalue weighted by molar-refractivity contribution is 7.99. The predicted octanol–water partition coefficient (Wildman–Crippen LogP) is 5.86. The fourth-order valence-electron chi connectivity index (χ4n) is 2.52. The lowest BCUT2D eigenvalue weighted by Crippen LogP contribution is -2.25. The standard InChI is InChI=1S/C18H16Cl3NO2S/c1-9(23)17(10(2)24)18(13-5-3-11(19)7-14(13)21)25-16-6-4-12(20)8-15(16)22/h3-8,17-18H,22H2,1-2H3. The van der Waals surface area contributed by atoms with E-state index >= 15 is 0 Å². The molecule has 25 heavy (non-hydrogen) atoms. The van der Waals surface area contributed by atoms with E-state index in [0.717, 1.165) is 0 Å². The van der Waals surface area contributed by atoms with Crippen LogP contribution in [0, 0.1) is 5.92 Å². The average Bonchev–Trinajstić information content (AvgIpc) is 2.48. The van der Waals surface area contributed by atoms with Crippen molar-refractivity contribution >= 4 is 63.8 Å². The van der Waals surface area contributed by atoms with Gasteiger partial charge in [-0.3, -0.25) is 9.59 Å². The molecule has 0 radical (unpaired) electrons. The summed E-state index contributed by atoms with van der Waals surface area (Å²) in [6.07, 6.45) is 0. The number of anilines is 1. The topological polar surface area (TPSA) is 60.2 Å². The van der Waals surface area contributed by atoms with Crippen LogP contribution in [0.15, 0.2) is 41.3 Å². The highest BCUT2D eigenvalue weighted by atomic mass is 35.5. The second-order valence-electron chi connectivity index (χ2n) is 5.59. The molecule has 0 aliphatic heterocycles. The Morgan fingerprint density at radius 2 is 1.52 bits per heavy atom. The van der Waals surface area contributed by atoms with Crippen LogP contribution in [0.3, 0.4) is 0 Å². The molecule has 7 heteroatoms. The first-order valence-electron chi connectivity index (χ1n) is 7.38. The number of carbonyl (C=O) groups excluding carboxylic acids is 2. The van der Waals surface area contributed by atoms with Crippen molar-refractivity contribution in [1.29, 1.82) is 0 Å². The van der Waals surface area contributed by atoms with Crippen molar-refractivity contribution in [2.75, 3.05) is 5.73 Å². The number of nitrogens with two attached hydrogens (primary N) is 1. The smallest absolute Gasteiger partial charge is 0.141 e. The van der Waals surface area contributed by atoms with E-state index in [-0.39, 0.29) is 11.6 Å². The van der Waals surface area contributed by atoms with E-state index in [2.05, 4.69) is 0 Å². The van der Waals surface area contributed by atoms with Crippen LogP contribution in [0.1, 0.15) is 24.7 Å². The fourth-order valence-corrected chi connectivity index (χ4v) is 4.76. The Morgan fingerprint density at radius 3 is 2.04 bits per heavy atom.